The van der Waals surface area contributed by atoms with Crippen LogP contribution in [0.25, 0.3) is 0 Å². The molecule has 0 spiro atoms. The van der Waals surface area contributed by atoms with E-state index in [2.05, 4.69) is 39.3 Å². The number of likely N-dealkylation sites (N-methyl/N-ethyl adjacent to an activating group) is 2. The van der Waals surface area contributed by atoms with Gasteiger partial charge in [0.05, 0.1) is 12.7 Å². The Hall–Kier alpha value is -2.12. The van der Waals surface area contributed by atoms with E-state index < -0.39 is 0 Å². The van der Waals surface area contributed by atoms with Gasteiger partial charge in [-0.25, -0.2) is 9.59 Å². The monoisotopic (exact) mass is 348 g/mol. The van der Waals surface area contributed by atoms with Crippen molar-refractivity contribution in [1.29, 1.82) is 0 Å². The van der Waals surface area contributed by atoms with E-state index in [9.17, 15) is 9.59 Å². The molecule has 138 valence electrons. The van der Waals surface area contributed by atoms with E-state index in [-0.39, 0.29) is 12.0 Å². The first-order chi connectivity index (χ1) is 12.0. The minimum absolute atomic E-state index is 0.146. The zero-order valence-corrected chi connectivity index (χ0v) is 15.2. The number of nitrogens with one attached hydrogen (secondary N) is 2. The number of carbonyl (C=O) groups excluding carboxylic acids is 2. The lowest BCUT2D eigenvalue weighted by Gasteiger charge is -2.37. The van der Waals surface area contributed by atoms with E-state index in [1.807, 2.05) is 12.1 Å². The fraction of sp³-hybridized carbons (Fsp3) is 0.556. The molecule has 25 heavy (non-hydrogen) atoms. The van der Waals surface area contributed by atoms with E-state index in [0.717, 1.165) is 25.2 Å². The maximum atomic E-state index is 11.9. The molecule has 0 aromatic heterocycles. The van der Waals surface area contributed by atoms with Gasteiger partial charge in [0, 0.05) is 38.8 Å². The average Bonchev–Trinajstić information content (AvgIpc) is 2.62. The molecular formula is C18H28N4O3. The third-order valence-corrected chi connectivity index (χ3v) is 4.55. The summed E-state index contributed by atoms with van der Waals surface area (Å²) in [6.45, 7) is 4.23. The van der Waals surface area contributed by atoms with Crippen molar-refractivity contribution in [2.24, 2.45) is 0 Å². The Morgan fingerprint density at radius 3 is 2.56 bits per heavy atom. The van der Waals surface area contributed by atoms with Crippen LogP contribution in [0.1, 0.15) is 15.9 Å². The van der Waals surface area contributed by atoms with Crippen LogP contribution >= 0.6 is 0 Å². The van der Waals surface area contributed by atoms with Crippen LogP contribution in [0.15, 0.2) is 24.3 Å². The maximum absolute atomic E-state index is 11.9. The van der Waals surface area contributed by atoms with E-state index >= 15 is 0 Å². The first kappa shape index (κ1) is 19.2. The lowest BCUT2D eigenvalue weighted by atomic mass is 10.1. The minimum atomic E-state index is -0.345. The third kappa shape index (κ3) is 6.03. The highest BCUT2D eigenvalue weighted by Crippen LogP contribution is 2.06. The molecule has 0 saturated carbocycles. The van der Waals surface area contributed by atoms with E-state index in [0.29, 0.717) is 31.1 Å². The number of urea groups is 1. The van der Waals surface area contributed by atoms with Crippen LogP contribution in [0.2, 0.25) is 0 Å². The van der Waals surface area contributed by atoms with E-state index in [1.54, 1.807) is 12.1 Å². The SMILES string of the molecule is COC(=O)c1ccc(CCNC(=O)NC[C@H]2CN(C)CCN2C)cc1. The first-order valence-corrected chi connectivity index (χ1v) is 8.57. The maximum Gasteiger partial charge on any atom is 0.337 e. The van der Waals surface area contributed by atoms with Gasteiger partial charge in [-0.15, -0.1) is 0 Å². The number of benzene rings is 1. The number of ether oxygens (including phenoxy) is 1. The zero-order valence-electron chi connectivity index (χ0n) is 15.2. The number of hydrogen-bond donors (Lipinski definition) is 2. The number of piperazine rings is 1. The summed E-state index contributed by atoms with van der Waals surface area (Å²) in [6.07, 6.45) is 0.709. The molecule has 0 radical (unpaired) electrons. The Morgan fingerprint density at radius 1 is 1.16 bits per heavy atom. The van der Waals surface area contributed by atoms with Crippen molar-refractivity contribution in [2.75, 3.05) is 53.9 Å². The molecule has 1 atom stereocenters. The number of amides is 2. The number of esters is 1. The number of methoxy groups -OCH3 is 1. The van der Waals surface area contributed by atoms with Crippen LogP contribution in [0.3, 0.4) is 0 Å². The molecule has 7 heteroatoms. The van der Waals surface area contributed by atoms with Gasteiger partial charge in [-0.05, 0) is 38.2 Å². The topological polar surface area (TPSA) is 73.9 Å². The highest BCUT2D eigenvalue weighted by atomic mass is 16.5. The molecule has 2 amide bonds. The summed E-state index contributed by atoms with van der Waals surface area (Å²) in [6, 6.07) is 7.41. The van der Waals surface area contributed by atoms with Crippen LogP contribution in [0.5, 0.6) is 0 Å². The van der Waals surface area contributed by atoms with Gasteiger partial charge in [0.1, 0.15) is 0 Å². The standard InChI is InChI=1S/C18H28N4O3/c1-21-10-11-22(2)16(13-21)12-20-18(24)19-9-8-14-4-6-15(7-5-14)17(23)25-3/h4-7,16H,8-13H2,1-3H3,(H2,19,20,24)/t16-/m0/s1. The van der Waals surface area contributed by atoms with Crippen LogP contribution < -0.4 is 10.6 Å². The fourth-order valence-electron chi connectivity index (χ4n) is 2.84. The lowest BCUT2D eigenvalue weighted by molar-refractivity contribution is 0.0600. The fourth-order valence-corrected chi connectivity index (χ4v) is 2.84. The van der Waals surface area contributed by atoms with Crippen molar-refractivity contribution in [2.45, 2.75) is 12.5 Å². The summed E-state index contributed by atoms with van der Waals surface area (Å²) in [5.41, 5.74) is 1.58. The smallest absolute Gasteiger partial charge is 0.337 e. The lowest BCUT2D eigenvalue weighted by Crippen LogP contribution is -2.55. The van der Waals surface area contributed by atoms with Gasteiger partial charge in [-0.3, -0.25) is 4.90 Å². The number of nitrogens with zero attached hydrogens (tertiary/aromatic N) is 2. The van der Waals surface area contributed by atoms with Crippen molar-refractivity contribution in [3.8, 4) is 0 Å². The molecule has 1 heterocycles. The predicted molar refractivity (Wildman–Crippen MR) is 96.8 cm³/mol. The Balaban J connectivity index is 1.67. The van der Waals surface area contributed by atoms with Crippen LogP contribution in [-0.4, -0.2) is 81.8 Å². The molecule has 1 saturated heterocycles. The molecule has 0 bridgehead atoms. The first-order valence-electron chi connectivity index (χ1n) is 8.57. The molecule has 1 aromatic carbocycles. The number of carbonyl (C=O) groups is 2. The Morgan fingerprint density at radius 2 is 1.88 bits per heavy atom. The molecule has 7 nitrogen and oxygen atoms in total. The molecule has 2 rings (SSSR count). The molecular weight excluding hydrogens is 320 g/mol. The largest absolute Gasteiger partial charge is 0.465 e. The van der Waals surface area contributed by atoms with Gasteiger partial charge in [0.25, 0.3) is 0 Å². The molecule has 0 aliphatic carbocycles. The molecule has 0 unspecified atom stereocenters. The second-order valence-corrected chi connectivity index (χ2v) is 6.47. The van der Waals surface area contributed by atoms with Gasteiger partial charge in [0.2, 0.25) is 0 Å². The summed E-state index contributed by atoms with van der Waals surface area (Å²) in [7, 11) is 5.56. The van der Waals surface area contributed by atoms with Crippen molar-refractivity contribution in [3.63, 3.8) is 0 Å². The third-order valence-electron chi connectivity index (χ3n) is 4.55. The Bertz CT molecular complexity index is 576. The summed E-state index contributed by atoms with van der Waals surface area (Å²) in [4.78, 5) is 27.9. The van der Waals surface area contributed by atoms with E-state index in [4.69, 9.17) is 0 Å². The van der Waals surface area contributed by atoms with Gasteiger partial charge in [-0.1, -0.05) is 12.1 Å². The van der Waals surface area contributed by atoms with Gasteiger partial charge >= 0.3 is 12.0 Å². The van der Waals surface area contributed by atoms with Crippen molar-refractivity contribution < 1.29 is 14.3 Å². The second kappa shape index (κ2) is 9.39. The predicted octanol–water partition coefficient (Wildman–Crippen LogP) is 0.561. The van der Waals surface area contributed by atoms with Gasteiger partial charge in [0.15, 0.2) is 0 Å². The second-order valence-electron chi connectivity index (χ2n) is 6.47. The Kier molecular flexibility index (Phi) is 7.21. The quantitative estimate of drug-likeness (QED) is 0.735. The van der Waals surface area contributed by atoms with Crippen molar-refractivity contribution in [3.05, 3.63) is 35.4 Å². The summed E-state index contributed by atoms with van der Waals surface area (Å²) in [5.74, 6) is -0.345. The summed E-state index contributed by atoms with van der Waals surface area (Å²) in [5, 5.41) is 5.81. The molecule has 1 aliphatic rings. The molecule has 2 N–H and O–H groups in total. The highest BCUT2D eigenvalue weighted by Gasteiger charge is 2.22. The van der Waals surface area contributed by atoms with E-state index in [1.165, 1.54) is 7.11 Å². The number of hydrogen-bond acceptors (Lipinski definition) is 5. The molecule has 1 aliphatic heterocycles. The number of rotatable bonds is 6. The Labute approximate surface area is 149 Å². The minimum Gasteiger partial charge on any atom is -0.465 e. The van der Waals surface area contributed by atoms with Crippen molar-refractivity contribution >= 4 is 12.0 Å². The van der Waals surface area contributed by atoms with Crippen LogP contribution in [-0.2, 0) is 11.2 Å². The van der Waals surface area contributed by atoms with Gasteiger partial charge < -0.3 is 20.3 Å². The van der Waals surface area contributed by atoms with Crippen LogP contribution in [0, 0.1) is 0 Å². The zero-order chi connectivity index (χ0) is 18.2. The molecule has 1 aromatic rings. The van der Waals surface area contributed by atoms with Gasteiger partial charge in [-0.2, -0.15) is 0 Å². The van der Waals surface area contributed by atoms with Crippen molar-refractivity contribution in [1.82, 2.24) is 20.4 Å². The summed E-state index contributed by atoms with van der Waals surface area (Å²) >= 11 is 0. The van der Waals surface area contributed by atoms with Crippen LogP contribution in [0.4, 0.5) is 4.79 Å². The summed E-state index contributed by atoms with van der Waals surface area (Å²) < 4.78 is 4.67. The highest BCUT2D eigenvalue weighted by molar-refractivity contribution is 5.89. The molecule has 1 fully saturated rings. The average molecular weight is 348 g/mol. The normalized spacial score (nSPS) is 18.6.